The van der Waals surface area contributed by atoms with E-state index in [1.54, 1.807) is 6.21 Å². The van der Waals surface area contributed by atoms with Gasteiger partial charge in [0.25, 0.3) is 5.56 Å². The molecule has 4 rings (SSSR count). The lowest BCUT2D eigenvalue weighted by Crippen LogP contribution is -2.16. The number of thiophene rings is 1. The van der Waals surface area contributed by atoms with Crippen LogP contribution in [0.3, 0.4) is 0 Å². The van der Waals surface area contributed by atoms with E-state index in [2.05, 4.69) is 26.0 Å². The summed E-state index contributed by atoms with van der Waals surface area (Å²) in [5.41, 5.74) is 3.81. The van der Waals surface area contributed by atoms with E-state index >= 15 is 0 Å². The highest BCUT2D eigenvalue weighted by atomic mass is 79.9. The van der Waals surface area contributed by atoms with Crippen molar-refractivity contribution in [3.63, 3.8) is 0 Å². The number of nitrogens with zero attached hydrogens (tertiary/aromatic N) is 3. The number of hydrogen-bond acceptors (Lipinski definition) is 4. The van der Waals surface area contributed by atoms with E-state index in [0.717, 1.165) is 26.0 Å². The van der Waals surface area contributed by atoms with Gasteiger partial charge in [0.1, 0.15) is 11.2 Å². The van der Waals surface area contributed by atoms with E-state index < -0.39 is 0 Å². The zero-order valence-corrected chi connectivity index (χ0v) is 16.3. The van der Waals surface area contributed by atoms with Crippen molar-refractivity contribution in [1.29, 1.82) is 0 Å². The Kier molecular flexibility index (Phi) is 4.53. The molecule has 0 aliphatic carbocycles. The molecule has 0 aliphatic heterocycles. The van der Waals surface area contributed by atoms with Gasteiger partial charge < -0.3 is 0 Å². The average molecular weight is 424 g/mol. The molecule has 26 heavy (non-hydrogen) atoms. The molecule has 2 aromatic carbocycles. The van der Waals surface area contributed by atoms with Crippen LogP contribution in [-0.4, -0.2) is 15.9 Å². The largest absolute Gasteiger partial charge is 0.283 e. The van der Waals surface area contributed by atoms with E-state index in [9.17, 15) is 4.79 Å². The zero-order valence-electron chi connectivity index (χ0n) is 13.9. The Hall–Kier alpha value is -2.57. The van der Waals surface area contributed by atoms with E-state index in [4.69, 9.17) is 0 Å². The highest BCUT2D eigenvalue weighted by Gasteiger charge is 2.13. The molecular formula is C20H14BrN3OS. The lowest BCUT2D eigenvalue weighted by Gasteiger charge is -2.02. The first-order valence-corrected chi connectivity index (χ1v) is 9.65. The fourth-order valence-corrected chi connectivity index (χ4v) is 3.95. The first kappa shape index (κ1) is 16.9. The Morgan fingerprint density at radius 3 is 2.69 bits per heavy atom. The Morgan fingerprint density at radius 2 is 1.92 bits per heavy atom. The Balaban J connectivity index is 1.82. The quantitative estimate of drug-likeness (QED) is 0.431. The summed E-state index contributed by atoms with van der Waals surface area (Å²) >= 11 is 4.95. The van der Waals surface area contributed by atoms with Gasteiger partial charge in [-0.1, -0.05) is 64.0 Å². The van der Waals surface area contributed by atoms with Crippen LogP contribution in [0.15, 0.2) is 74.6 Å². The van der Waals surface area contributed by atoms with Gasteiger partial charge in [-0.25, -0.2) is 4.98 Å². The van der Waals surface area contributed by atoms with Gasteiger partial charge in [0, 0.05) is 21.0 Å². The van der Waals surface area contributed by atoms with Gasteiger partial charge in [-0.05, 0) is 18.6 Å². The van der Waals surface area contributed by atoms with Gasteiger partial charge in [0.15, 0.2) is 0 Å². The molecular weight excluding hydrogens is 410 g/mol. The molecule has 0 atom stereocenters. The van der Waals surface area contributed by atoms with Crippen molar-refractivity contribution in [2.24, 2.45) is 5.10 Å². The molecule has 0 N–H and O–H groups in total. The van der Waals surface area contributed by atoms with Crippen LogP contribution in [0.25, 0.3) is 21.3 Å². The number of hydrogen-bond donors (Lipinski definition) is 0. The number of rotatable bonds is 3. The van der Waals surface area contributed by atoms with Crippen LogP contribution in [-0.2, 0) is 0 Å². The minimum Gasteiger partial charge on any atom is -0.267 e. The van der Waals surface area contributed by atoms with Crippen LogP contribution < -0.4 is 5.56 Å². The van der Waals surface area contributed by atoms with Gasteiger partial charge in [-0.3, -0.25) is 4.79 Å². The molecule has 0 bridgehead atoms. The maximum absolute atomic E-state index is 13.0. The average Bonchev–Trinajstić information content (AvgIpc) is 3.08. The number of aryl methyl sites for hydroxylation is 1. The summed E-state index contributed by atoms with van der Waals surface area (Å²) in [6.07, 6.45) is 3.12. The van der Waals surface area contributed by atoms with Gasteiger partial charge in [-0.2, -0.15) is 9.78 Å². The Bertz CT molecular complexity index is 1180. The fraction of sp³-hybridized carbons (Fsp3) is 0.0500. The summed E-state index contributed by atoms with van der Waals surface area (Å²) in [7, 11) is 0. The molecule has 0 radical (unpaired) electrons. The van der Waals surface area contributed by atoms with Crippen molar-refractivity contribution in [2.75, 3.05) is 0 Å². The van der Waals surface area contributed by atoms with Gasteiger partial charge in [0.05, 0.1) is 11.6 Å². The van der Waals surface area contributed by atoms with Gasteiger partial charge in [0.2, 0.25) is 0 Å². The first-order valence-electron chi connectivity index (χ1n) is 7.98. The molecule has 4 aromatic rings. The predicted octanol–water partition coefficient (Wildman–Crippen LogP) is 5.08. The van der Waals surface area contributed by atoms with Crippen LogP contribution in [0.4, 0.5) is 0 Å². The molecule has 0 spiro atoms. The number of halogens is 1. The topological polar surface area (TPSA) is 47.2 Å². The smallest absolute Gasteiger partial charge is 0.267 e. The Morgan fingerprint density at radius 1 is 1.15 bits per heavy atom. The normalized spacial score (nSPS) is 11.5. The van der Waals surface area contributed by atoms with Crippen LogP contribution in [0, 0.1) is 6.92 Å². The second-order valence-corrected chi connectivity index (χ2v) is 7.57. The van der Waals surface area contributed by atoms with Crippen LogP contribution in [0.1, 0.15) is 11.1 Å². The summed E-state index contributed by atoms with van der Waals surface area (Å²) in [6, 6.07) is 15.8. The van der Waals surface area contributed by atoms with Crippen molar-refractivity contribution >= 4 is 43.7 Å². The molecule has 0 saturated heterocycles. The minimum atomic E-state index is -0.171. The highest BCUT2D eigenvalue weighted by molar-refractivity contribution is 9.10. The molecule has 0 fully saturated rings. The van der Waals surface area contributed by atoms with Crippen molar-refractivity contribution in [2.45, 2.75) is 6.92 Å². The maximum atomic E-state index is 13.0. The minimum absolute atomic E-state index is 0.171. The summed E-state index contributed by atoms with van der Waals surface area (Å²) < 4.78 is 2.20. The third-order valence-corrected chi connectivity index (χ3v) is 5.68. The van der Waals surface area contributed by atoms with Crippen LogP contribution in [0.2, 0.25) is 0 Å². The van der Waals surface area contributed by atoms with E-state index in [0.29, 0.717) is 5.39 Å². The summed E-state index contributed by atoms with van der Waals surface area (Å²) in [5.74, 6) is 0. The Labute approximate surface area is 162 Å². The van der Waals surface area contributed by atoms with E-state index in [1.807, 2.05) is 60.8 Å². The third kappa shape index (κ3) is 3.13. The van der Waals surface area contributed by atoms with E-state index in [-0.39, 0.29) is 5.56 Å². The first-order chi connectivity index (χ1) is 12.6. The molecule has 0 amide bonds. The van der Waals surface area contributed by atoms with Crippen molar-refractivity contribution in [3.05, 3.63) is 86.2 Å². The number of aromatic nitrogens is 2. The third-order valence-electron chi connectivity index (χ3n) is 4.07. The predicted molar refractivity (Wildman–Crippen MR) is 111 cm³/mol. The second-order valence-electron chi connectivity index (χ2n) is 5.86. The van der Waals surface area contributed by atoms with E-state index in [1.165, 1.54) is 27.9 Å². The van der Waals surface area contributed by atoms with Gasteiger partial charge >= 0.3 is 0 Å². The molecule has 2 heterocycles. The molecule has 0 aliphatic rings. The molecule has 128 valence electrons. The molecule has 6 heteroatoms. The van der Waals surface area contributed by atoms with Crippen LogP contribution in [0.5, 0.6) is 0 Å². The van der Waals surface area contributed by atoms with Crippen molar-refractivity contribution in [1.82, 2.24) is 9.66 Å². The summed E-state index contributed by atoms with van der Waals surface area (Å²) in [5, 5.41) is 6.89. The van der Waals surface area contributed by atoms with Crippen LogP contribution >= 0.6 is 27.3 Å². The maximum Gasteiger partial charge on any atom is 0.283 e. The highest BCUT2D eigenvalue weighted by Crippen LogP contribution is 2.30. The monoisotopic (exact) mass is 423 g/mol. The SMILES string of the molecule is Cc1ccc(-c2csc3ncn(/N=C\c4ccccc4Br)c(=O)c23)cc1. The fourth-order valence-electron chi connectivity index (χ4n) is 2.66. The molecule has 0 unspecified atom stereocenters. The molecule has 4 nitrogen and oxygen atoms in total. The standard InChI is InChI=1S/C20H14BrN3OS/c1-13-6-8-14(9-7-13)16-11-26-19-18(16)20(25)24(12-22-19)23-10-15-4-2-3-5-17(15)21/h2-12H,1H3/b23-10-. The van der Waals surface area contributed by atoms with Crippen molar-refractivity contribution in [3.8, 4) is 11.1 Å². The van der Waals surface area contributed by atoms with Gasteiger partial charge in [-0.15, -0.1) is 11.3 Å². The van der Waals surface area contributed by atoms with Crippen molar-refractivity contribution < 1.29 is 0 Å². The lowest BCUT2D eigenvalue weighted by molar-refractivity contribution is 0.819. The lowest BCUT2D eigenvalue weighted by atomic mass is 10.1. The number of fused-ring (bicyclic) bond motifs is 1. The summed E-state index contributed by atoms with van der Waals surface area (Å²) in [6.45, 7) is 2.04. The molecule has 2 aromatic heterocycles. The summed E-state index contributed by atoms with van der Waals surface area (Å²) in [4.78, 5) is 18.1. The molecule has 0 saturated carbocycles. The zero-order chi connectivity index (χ0) is 18.1. The second kappa shape index (κ2) is 6.97. The number of benzene rings is 2.